The van der Waals surface area contributed by atoms with Gasteiger partial charge in [-0.15, -0.1) is 0 Å². The van der Waals surface area contributed by atoms with Crippen LogP contribution in [0.5, 0.6) is 0 Å². The molecule has 0 aliphatic heterocycles. The van der Waals surface area contributed by atoms with Crippen molar-refractivity contribution in [2.75, 3.05) is 11.9 Å². The number of rotatable bonds is 5. The number of carbonyl (C=O) groups is 2. The average Bonchev–Trinajstić information content (AvgIpc) is 2.51. The molecule has 0 atom stereocenters. The van der Waals surface area contributed by atoms with E-state index in [1.54, 1.807) is 24.5 Å². The number of aromatic nitrogens is 1. The number of hydrogen-bond acceptors (Lipinski definition) is 3. The van der Waals surface area contributed by atoms with Crippen LogP contribution in [0.3, 0.4) is 0 Å². The standard InChI is InChI=1S/C16H15F2N3O2/c1-11(22)21(9-12-5-7-19-8-6-12)10-15(23)20-16-13(17)3-2-4-14(16)18/h2-8H,9-10H2,1H3,(H,20,23). The number of amides is 2. The fourth-order valence-electron chi connectivity index (χ4n) is 1.96. The van der Waals surface area contributed by atoms with Gasteiger partial charge in [0.05, 0.1) is 0 Å². The molecule has 0 aliphatic carbocycles. The Balaban J connectivity index is 2.05. The van der Waals surface area contributed by atoms with Crippen molar-refractivity contribution in [2.24, 2.45) is 0 Å². The summed E-state index contributed by atoms with van der Waals surface area (Å²) >= 11 is 0. The normalized spacial score (nSPS) is 10.2. The van der Waals surface area contributed by atoms with Crippen molar-refractivity contribution in [3.05, 3.63) is 59.9 Å². The SMILES string of the molecule is CC(=O)N(CC(=O)Nc1c(F)cccc1F)Cc1ccncc1. The van der Waals surface area contributed by atoms with Gasteiger partial charge in [-0.05, 0) is 29.8 Å². The molecule has 0 bridgehead atoms. The minimum absolute atomic E-state index is 0.199. The lowest BCUT2D eigenvalue weighted by atomic mass is 10.2. The summed E-state index contributed by atoms with van der Waals surface area (Å²) in [6.07, 6.45) is 3.14. The number of hydrogen-bond donors (Lipinski definition) is 1. The maximum atomic E-state index is 13.5. The first-order valence-electron chi connectivity index (χ1n) is 6.85. The Labute approximate surface area is 131 Å². The number of benzene rings is 1. The van der Waals surface area contributed by atoms with E-state index in [9.17, 15) is 18.4 Å². The summed E-state index contributed by atoms with van der Waals surface area (Å²) in [5, 5.41) is 2.15. The first-order valence-corrected chi connectivity index (χ1v) is 6.85. The van der Waals surface area contributed by atoms with E-state index in [1.165, 1.54) is 17.9 Å². The Morgan fingerprint density at radius 3 is 2.30 bits per heavy atom. The van der Waals surface area contributed by atoms with E-state index in [2.05, 4.69) is 10.3 Å². The van der Waals surface area contributed by atoms with Gasteiger partial charge in [0.25, 0.3) is 0 Å². The molecule has 0 radical (unpaired) electrons. The van der Waals surface area contributed by atoms with Crippen molar-refractivity contribution < 1.29 is 18.4 Å². The quantitative estimate of drug-likeness (QED) is 0.920. The largest absolute Gasteiger partial charge is 0.329 e. The lowest BCUT2D eigenvalue weighted by molar-refractivity contribution is -0.133. The lowest BCUT2D eigenvalue weighted by Gasteiger charge is -2.20. The van der Waals surface area contributed by atoms with Gasteiger partial charge >= 0.3 is 0 Å². The fourth-order valence-corrected chi connectivity index (χ4v) is 1.96. The van der Waals surface area contributed by atoms with Gasteiger partial charge in [-0.25, -0.2) is 8.78 Å². The molecule has 0 saturated carbocycles. The van der Waals surface area contributed by atoms with Crippen LogP contribution in [0, 0.1) is 11.6 Å². The van der Waals surface area contributed by atoms with Crippen LogP contribution in [0.1, 0.15) is 12.5 Å². The van der Waals surface area contributed by atoms with Crippen molar-refractivity contribution in [2.45, 2.75) is 13.5 Å². The first-order chi connectivity index (χ1) is 11.0. The number of carbonyl (C=O) groups excluding carboxylic acids is 2. The van der Waals surface area contributed by atoms with Crippen LogP contribution in [0.4, 0.5) is 14.5 Å². The average molecular weight is 319 g/mol. The Morgan fingerprint density at radius 2 is 1.74 bits per heavy atom. The van der Waals surface area contributed by atoms with E-state index < -0.39 is 23.2 Å². The number of anilines is 1. The minimum atomic E-state index is -0.873. The summed E-state index contributed by atoms with van der Waals surface area (Å²) in [5.41, 5.74) is 0.269. The summed E-state index contributed by atoms with van der Waals surface area (Å²) in [7, 11) is 0. The Bertz CT molecular complexity index is 687. The summed E-state index contributed by atoms with van der Waals surface area (Å²) in [6, 6.07) is 6.71. The number of nitrogens with one attached hydrogen (secondary N) is 1. The number of para-hydroxylation sites is 1. The Morgan fingerprint density at radius 1 is 1.13 bits per heavy atom. The molecule has 0 aliphatic rings. The van der Waals surface area contributed by atoms with Crippen LogP contribution in [0.25, 0.3) is 0 Å². The highest BCUT2D eigenvalue weighted by molar-refractivity contribution is 5.94. The Hall–Kier alpha value is -2.83. The third-order valence-electron chi connectivity index (χ3n) is 3.13. The van der Waals surface area contributed by atoms with Crippen molar-refractivity contribution in [3.63, 3.8) is 0 Å². The highest BCUT2D eigenvalue weighted by Crippen LogP contribution is 2.18. The highest BCUT2D eigenvalue weighted by atomic mass is 19.1. The third-order valence-corrected chi connectivity index (χ3v) is 3.13. The lowest BCUT2D eigenvalue weighted by Crippen LogP contribution is -2.36. The van der Waals surface area contributed by atoms with Gasteiger partial charge in [0.1, 0.15) is 23.9 Å². The molecule has 2 amide bonds. The van der Waals surface area contributed by atoms with Gasteiger partial charge in [0, 0.05) is 25.9 Å². The molecule has 1 N–H and O–H groups in total. The molecule has 2 aromatic rings. The molecule has 0 saturated heterocycles. The second-order valence-corrected chi connectivity index (χ2v) is 4.88. The number of nitrogens with zero attached hydrogens (tertiary/aromatic N) is 2. The zero-order valence-corrected chi connectivity index (χ0v) is 12.4. The van der Waals surface area contributed by atoms with E-state index in [1.807, 2.05) is 0 Å². The predicted molar refractivity (Wildman–Crippen MR) is 80.3 cm³/mol. The molecule has 5 nitrogen and oxygen atoms in total. The summed E-state index contributed by atoms with van der Waals surface area (Å²) in [5.74, 6) is -2.76. The summed E-state index contributed by atoms with van der Waals surface area (Å²) < 4.78 is 27.0. The van der Waals surface area contributed by atoms with Gasteiger partial charge in [0.15, 0.2) is 0 Å². The smallest absolute Gasteiger partial charge is 0.244 e. The van der Waals surface area contributed by atoms with E-state index in [0.29, 0.717) is 0 Å². The van der Waals surface area contributed by atoms with Crippen LogP contribution in [0.2, 0.25) is 0 Å². The van der Waals surface area contributed by atoms with E-state index in [-0.39, 0.29) is 19.0 Å². The Kier molecular flexibility index (Phi) is 5.35. The summed E-state index contributed by atoms with van der Waals surface area (Å²) in [6.45, 7) is 1.20. The van der Waals surface area contributed by atoms with E-state index in [4.69, 9.17) is 0 Å². The molecule has 0 spiro atoms. The molecule has 23 heavy (non-hydrogen) atoms. The fraction of sp³-hybridized carbons (Fsp3) is 0.188. The molecular weight excluding hydrogens is 304 g/mol. The minimum Gasteiger partial charge on any atom is -0.329 e. The second-order valence-electron chi connectivity index (χ2n) is 4.88. The van der Waals surface area contributed by atoms with Gasteiger partial charge in [-0.3, -0.25) is 14.6 Å². The molecule has 1 heterocycles. The van der Waals surface area contributed by atoms with E-state index in [0.717, 1.165) is 17.7 Å². The first kappa shape index (κ1) is 16.5. The zero-order chi connectivity index (χ0) is 16.8. The molecule has 2 rings (SSSR count). The molecule has 120 valence electrons. The van der Waals surface area contributed by atoms with Crippen molar-refractivity contribution in [1.29, 1.82) is 0 Å². The molecule has 0 fully saturated rings. The van der Waals surface area contributed by atoms with Crippen LogP contribution in [-0.2, 0) is 16.1 Å². The second kappa shape index (κ2) is 7.44. The third kappa shape index (κ3) is 4.57. The maximum Gasteiger partial charge on any atom is 0.244 e. The highest BCUT2D eigenvalue weighted by Gasteiger charge is 2.17. The predicted octanol–water partition coefficient (Wildman–Crippen LogP) is 2.35. The van der Waals surface area contributed by atoms with Crippen LogP contribution in [-0.4, -0.2) is 28.2 Å². The topological polar surface area (TPSA) is 62.3 Å². The van der Waals surface area contributed by atoms with Crippen molar-refractivity contribution in [3.8, 4) is 0 Å². The van der Waals surface area contributed by atoms with E-state index >= 15 is 0 Å². The molecule has 7 heteroatoms. The number of halogens is 2. The zero-order valence-electron chi connectivity index (χ0n) is 12.4. The molecule has 1 aromatic heterocycles. The maximum absolute atomic E-state index is 13.5. The van der Waals surface area contributed by atoms with Gasteiger partial charge in [-0.1, -0.05) is 6.07 Å². The number of pyridine rings is 1. The molecular formula is C16H15F2N3O2. The van der Waals surface area contributed by atoms with Crippen molar-refractivity contribution in [1.82, 2.24) is 9.88 Å². The van der Waals surface area contributed by atoms with Gasteiger partial charge < -0.3 is 10.2 Å². The van der Waals surface area contributed by atoms with Crippen LogP contribution >= 0.6 is 0 Å². The van der Waals surface area contributed by atoms with Crippen LogP contribution < -0.4 is 5.32 Å². The molecule has 1 aromatic carbocycles. The summed E-state index contributed by atoms with van der Waals surface area (Å²) in [4.78, 5) is 28.8. The van der Waals surface area contributed by atoms with Crippen molar-refractivity contribution >= 4 is 17.5 Å². The molecule has 0 unspecified atom stereocenters. The van der Waals surface area contributed by atoms with Gasteiger partial charge in [0.2, 0.25) is 11.8 Å². The van der Waals surface area contributed by atoms with Gasteiger partial charge in [-0.2, -0.15) is 0 Å². The van der Waals surface area contributed by atoms with Crippen LogP contribution in [0.15, 0.2) is 42.7 Å². The monoisotopic (exact) mass is 319 g/mol.